The summed E-state index contributed by atoms with van der Waals surface area (Å²) in [5.41, 5.74) is 0. The van der Waals surface area contributed by atoms with Crippen LogP contribution in [0.15, 0.2) is 12.3 Å². The highest BCUT2D eigenvalue weighted by Gasteiger charge is 2.23. The number of ether oxygens (including phenoxy) is 1. The number of piperidine rings is 1. The van der Waals surface area contributed by atoms with Gasteiger partial charge in [-0.05, 0) is 18.9 Å². The van der Waals surface area contributed by atoms with E-state index in [1.807, 2.05) is 25.1 Å². The van der Waals surface area contributed by atoms with Crippen molar-refractivity contribution in [3.8, 4) is 5.88 Å². The van der Waals surface area contributed by atoms with Gasteiger partial charge in [-0.3, -0.25) is 0 Å². The lowest BCUT2D eigenvalue weighted by Gasteiger charge is -2.29. The Labute approximate surface area is 102 Å². The van der Waals surface area contributed by atoms with Gasteiger partial charge in [0.15, 0.2) is 0 Å². The van der Waals surface area contributed by atoms with Gasteiger partial charge in [0, 0.05) is 32.9 Å². The molecule has 1 N–H and O–H groups in total. The van der Waals surface area contributed by atoms with E-state index in [9.17, 15) is 0 Å². The van der Waals surface area contributed by atoms with Crippen LogP contribution in [0, 0.1) is 5.92 Å². The minimum Gasteiger partial charge on any atom is -0.473 e. The second-order valence-corrected chi connectivity index (χ2v) is 4.72. The SMILES string of the molecule is CC1CCNCC1Oc1ccnc(N(C)C)n1. The monoisotopic (exact) mass is 236 g/mol. The zero-order chi connectivity index (χ0) is 12.3. The number of anilines is 1. The fourth-order valence-electron chi connectivity index (χ4n) is 1.89. The molecule has 1 aromatic rings. The maximum absolute atomic E-state index is 5.92. The van der Waals surface area contributed by atoms with Crippen molar-refractivity contribution in [2.45, 2.75) is 19.4 Å². The van der Waals surface area contributed by atoms with Gasteiger partial charge in [0.2, 0.25) is 11.8 Å². The Hall–Kier alpha value is -1.36. The van der Waals surface area contributed by atoms with Crippen LogP contribution in [0.2, 0.25) is 0 Å². The van der Waals surface area contributed by atoms with Crippen LogP contribution in [0.4, 0.5) is 5.95 Å². The van der Waals surface area contributed by atoms with E-state index in [2.05, 4.69) is 22.2 Å². The summed E-state index contributed by atoms with van der Waals surface area (Å²) in [6.45, 7) is 4.19. The topological polar surface area (TPSA) is 50.3 Å². The smallest absolute Gasteiger partial charge is 0.228 e. The largest absolute Gasteiger partial charge is 0.473 e. The summed E-state index contributed by atoms with van der Waals surface area (Å²) in [6.07, 6.45) is 3.09. The molecule has 0 amide bonds. The zero-order valence-electron chi connectivity index (χ0n) is 10.7. The first kappa shape index (κ1) is 12.1. The fourth-order valence-corrected chi connectivity index (χ4v) is 1.89. The molecule has 1 saturated heterocycles. The van der Waals surface area contributed by atoms with Gasteiger partial charge in [-0.15, -0.1) is 0 Å². The first-order valence-corrected chi connectivity index (χ1v) is 6.04. The molecular weight excluding hydrogens is 216 g/mol. The fraction of sp³-hybridized carbons (Fsp3) is 0.667. The van der Waals surface area contributed by atoms with Gasteiger partial charge in [0.1, 0.15) is 6.10 Å². The Bertz CT molecular complexity index is 369. The van der Waals surface area contributed by atoms with Gasteiger partial charge in [-0.1, -0.05) is 6.92 Å². The summed E-state index contributed by atoms with van der Waals surface area (Å²) in [7, 11) is 3.84. The third-order valence-electron chi connectivity index (χ3n) is 3.05. The second-order valence-electron chi connectivity index (χ2n) is 4.72. The molecule has 0 radical (unpaired) electrons. The van der Waals surface area contributed by atoms with E-state index in [-0.39, 0.29) is 6.10 Å². The Balaban J connectivity index is 2.04. The summed E-state index contributed by atoms with van der Waals surface area (Å²) >= 11 is 0. The second kappa shape index (κ2) is 5.31. The summed E-state index contributed by atoms with van der Waals surface area (Å²) in [5.74, 6) is 1.90. The summed E-state index contributed by atoms with van der Waals surface area (Å²) in [5, 5.41) is 3.34. The Morgan fingerprint density at radius 1 is 1.47 bits per heavy atom. The quantitative estimate of drug-likeness (QED) is 0.845. The number of hydrogen-bond donors (Lipinski definition) is 1. The molecule has 1 aliphatic heterocycles. The van der Waals surface area contributed by atoms with Crippen molar-refractivity contribution < 1.29 is 4.74 Å². The number of nitrogens with one attached hydrogen (secondary N) is 1. The van der Waals surface area contributed by atoms with Crippen LogP contribution in [0.3, 0.4) is 0 Å². The Morgan fingerprint density at radius 2 is 2.29 bits per heavy atom. The van der Waals surface area contributed by atoms with E-state index in [4.69, 9.17) is 4.74 Å². The number of nitrogens with zero attached hydrogens (tertiary/aromatic N) is 3. The van der Waals surface area contributed by atoms with Crippen LogP contribution in [0.1, 0.15) is 13.3 Å². The molecule has 2 rings (SSSR count). The van der Waals surface area contributed by atoms with E-state index < -0.39 is 0 Å². The first-order valence-electron chi connectivity index (χ1n) is 6.04. The summed E-state index contributed by atoms with van der Waals surface area (Å²) in [6, 6.07) is 1.81. The van der Waals surface area contributed by atoms with Crippen LogP contribution < -0.4 is 15.0 Å². The third kappa shape index (κ3) is 3.06. The van der Waals surface area contributed by atoms with Crippen LogP contribution in [0.5, 0.6) is 5.88 Å². The van der Waals surface area contributed by atoms with Crippen LogP contribution in [-0.4, -0.2) is 43.3 Å². The van der Waals surface area contributed by atoms with Crippen LogP contribution in [0.25, 0.3) is 0 Å². The molecule has 1 fully saturated rings. The van der Waals surface area contributed by atoms with E-state index >= 15 is 0 Å². The highest BCUT2D eigenvalue weighted by atomic mass is 16.5. The van der Waals surface area contributed by atoms with Crippen molar-refractivity contribution in [1.82, 2.24) is 15.3 Å². The van der Waals surface area contributed by atoms with Gasteiger partial charge in [-0.2, -0.15) is 4.98 Å². The molecule has 2 heterocycles. The minimum atomic E-state index is 0.202. The standard InChI is InChI=1S/C12H20N4O/c1-9-4-6-13-8-10(9)17-11-5-7-14-12(15-11)16(2)3/h5,7,9-10,13H,4,6,8H2,1-3H3. The van der Waals surface area contributed by atoms with Crippen molar-refractivity contribution in [3.05, 3.63) is 12.3 Å². The Kier molecular flexibility index (Phi) is 3.78. The molecule has 5 nitrogen and oxygen atoms in total. The molecule has 2 atom stereocenters. The summed E-state index contributed by atoms with van der Waals surface area (Å²) < 4.78 is 5.92. The molecule has 0 aliphatic carbocycles. The lowest BCUT2D eigenvalue weighted by atomic mass is 9.97. The maximum Gasteiger partial charge on any atom is 0.228 e. The molecule has 0 bridgehead atoms. The molecule has 1 aliphatic rings. The predicted octanol–water partition coefficient (Wildman–Crippen LogP) is 0.919. The molecular formula is C12H20N4O. The maximum atomic E-state index is 5.92. The molecule has 2 unspecified atom stereocenters. The predicted molar refractivity (Wildman–Crippen MR) is 67.4 cm³/mol. The van der Waals surface area contributed by atoms with E-state index in [1.165, 1.54) is 0 Å². The van der Waals surface area contributed by atoms with Crippen molar-refractivity contribution in [2.24, 2.45) is 5.92 Å². The van der Waals surface area contributed by atoms with E-state index in [1.54, 1.807) is 6.20 Å². The molecule has 5 heteroatoms. The van der Waals surface area contributed by atoms with Crippen molar-refractivity contribution >= 4 is 5.95 Å². The molecule has 0 aromatic carbocycles. The number of hydrogen-bond acceptors (Lipinski definition) is 5. The first-order chi connectivity index (χ1) is 8.16. The van der Waals surface area contributed by atoms with Crippen molar-refractivity contribution in [3.63, 3.8) is 0 Å². The van der Waals surface area contributed by atoms with Crippen molar-refractivity contribution in [1.29, 1.82) is 0 Å². The Morgan fingerprint density at radius 3 is 3.00 bits per heavy atom. The van der Waals surface area contributed by atoms with E-state index in [0.29, 0.717) is 17.7 Å². The van der Waals surface area contributed by atoms with Gasteiger partial charge in [0.25, 0.3) is 0 Å². The summed E-state index contributed by atoms with van der Waals surface area (Å²) in [4.78, 5) is 10.4. The molecule has 94 valence electrons. The van der Waals surface area contributed by atoms with E-state index in [0.717, 1.165) is 19.5 Å². The normalized spacial score (nSPS) is 24.4. The molecule has 0 saturated carbocycles. The minimum absolute atomic E-state index is 0.202. The lowest BCUT2D eigenvalue weighted by molar-refractivity contribution is 0.109. The van der Waals surface area contributed by atoms with Gasteiger partial charge >= 0.3 is 0 Å². The van der Waals surface area contributed by atoms with Crippen LogP contribution in [-0.2, 0) is 0 Å². The highest BCUT2D eigenvalue weighted by Crippen LogP contribution is 2.18. The number of aromatic nitrogens is 2. The molecule has 17 heavy (non-hydrogen) atoms. The third-order valence-corrected chi connectivity index (χ3v) is 3.05. The van der Waals surface area contributed by atoms with Gasteiger partial charge in [-0.25, -0.2) is 4.98 Å². The van der Waals surface area contributed by atoms with Crippen LogP contribution >= 0.6 is 0 Å². The zero-order valence-corrected chi connectivity index (χ0v) is 10.7. The highest BCUT2D eigenvalue weighted by molar-refractivity contribution is 5.29. The molecule has 1 aromatic heterocycles. The van der Waals surface area contributed by atoms with Crippen molar-refractivity contribution in [2.75, 3.05) is 32.1 Å². The molecule has 0 spiro atoms. The average molecular weight is 236 g/mol. The van der Waals surface area contributed by atoms with Gasteiger partial charge in [0.05, 0.1) is 0 Å². The lowest BCUT2D eigenvalue weighted by Crippen LogP contribution is -2.43. The average Bonchev–Trinajstić information content (AvgIpc) is 2.32. The number of rotatable bonds is 3. The van der Waals surface area contributed by atoms with Gasteiger partial charge < -0.3 is 15.0 Å².